The highest BCUT2D eigenvalue weighted by atomic mass is 16.5. The zero-order valence-corrected chi connectivity index (χ0v) is 23.1. The Morgan fingerprint density at radius 1 is 0.850 bits per heavy atom. The summed E-state index contributed by atoms with van der Waals surface area (Å²) in [5.41, 5.74) is 5.61. The van der Waals surface area contributed by atoms with Crippen LogP contribution < -0.4 is 9.75 Å². The Bertz CT molecular complexity index is 1860. The monoisotopic (exact) mass is 525 g/mol. The second kappa shape index (κ2) is 9.21. The number of nitrogens with zero attached hydrogens (tertiary/aromatic N) is 5. The van der Waals surface area contributed by atoms with Gasteiger partial charge in [0.15, 0.2) is 0 Å². The van der Waals surface area contributed by atoms with E-state index in [4.69, 9.17) is 9.72 Å². The highest BCUT2D eigenvalue weighted by molar-refractivity contribution is 6.09. The average Bonchev–Trinajstić information content (AvgIpc) is 3.47. The van der Waals surface area contributed by atoms with E-state index >= 15 is 0 Å². The SMILES string of the molecule is CN1C2C=CC=CC2=CN1c1cccc(Oc2ccc3c4ccncc4n(-c4cc(C(C)(C)C)ccn4)c3c2)c1. The molecule has 1 aliphatic heterocycles. The van der Waals surface area contributed by atoms with Crippen LogP contribution in [0.2, 0.25) is 0 Å². The standard InChI is InChI=1S/C34H31N5O/c1-34(2,3)24-14-17-36-33(18-24)39-31-20-27(12-13-28(31)29-15-16-35-21-32(29)39)40-26-10-7-9-25(19-26)38-22-23-8-5-6-11-30(23)37(38)4/h5-22,30H,1-4H3. The number of benzene rings is 2. The maximum atomic E-state index is 6.46. The second-order valence-corrected chi connectivity index (χ2v) is 11.4. The van der Waals surface area contributed by atoms with Crippen molar-refractivity contribution in [1.29, 1.82) is 0 Å². The zero-order valence-electron chi connectivity index (χ0n) is 23.1. The maximum Gasteiger partial charge on any atom is 0.137 e. The molecule has 0 spiro atoms. The number of hydrogen-bond donors (Lipinski definition) is 0. The number of rotatable bonds is 4. The molecule has 0 bridgehead atoms. The van der Waals surface area contributed by atoms with E-state index in [1.807, 2.05) is 36.8 Å². The number of pyridine rings is 2. The number of aromatic nitrogens is 3. The minimum atomic E-state index is 0.0116. The molecule has 0 radical (unpaired) electrons. The first-order chi connectivity index (χ1) is 19.4. The van der Waals surface area contributed by atoms with Gasteiger partial charge >= 0.3 is 0 Å². The van der Waals surface area contributed by atoms with Gasteiger partial charge in [-0.25, -0.2) is 9.99 Å². The molecule has 1 aliphatic carbocycles. The molecule has 0 fully saturated rings. The number of fused-ring (bicyclic) bond motifs is 4. The minimum Gasteiger partial charge on any atom is -0.457 e. The Balaban J connectivity index is 1.28. The van der Waals surface area contributed by atoms with Gasteiger partial charge in [-0.15, -0.1) is 0 Å². The largest absolute Gasteiger partial charge is 0.457 e. The normalized spacial score (nSPS) is 17.1. The van der Waals surface area contributed by atoms with Gasteiger partial charge in [-0.2, -0.15) is 0 Å². The topological polar surface area (TPSA) is 46.4 Å². The summed E-state index contributed by atoms with van der Waals surface area (Å²) in [6.45, 7) is 6.66. The van der Waals surface area contributed by atoms with Crippen molar-refractivity contribution in [3.8, 4) is 17.3 Å². The third-order valence-corrected chi connectivity index (χ3v) is 7.75. The predicted octanol–water partition coefficient (Wildman–Crippen LogP) is 7.71. The molecule has 0 N–H and O–H groups in total. The van der Waals surface area contributed by atoms with E-state index in [9.17, 15) is 0 Å². The molecule has 6 nitrogen and oxygen atoms in total. The zero-order chi connectivity index (χ0) is 27.4. The Morgan fingerprint density at radius 3 is 2.55 bits per heavy atom. The van der Waals surface area contributed by atoms with Crippen LogP contribution in [0, 0.1) is 0 Å². The number of likely N-dealkylation sites (N-methyl/N-ethyl adjacent to an activating group) is 1. The predicted molar refractivity (Wildman–Crippen MR) is 162 cm³/mol. The van der Waals surface area contributed by atoms with Crippen LogP contribution in [0.25, 0.3) is 27.6 Å². The van der Waals surface area contributed by atoms with E-state index in [1.165, 1.54) is 11.1 Å². The molecule has 40 heavy (non-hydrogen) atoms. The number of anilines is 1. The summed E-state index contributed by atoms with van der Waals surface area (Å²) in [5.74, 6) is 2.41. The summed E-state index contributed by atoms with van der Waals surface area (Å²) in [4.78, 5) is 9.21. The Hall–Kier alpha value is -4.68. The molecule has 4 heterocycles. The van der Waals surface area contributed by atoms with Crippen LogP contribution in [0.4, 0.5) is 5.69 Å². The van der Waals surface area contributed by atoms with Gasteiger partial charge in [-0.1, -0.05) is 51.1 Å². The first-order valence-electron chi connectivity index (χ1n) is 13.6. The highest BCUT2D eigenvalue weighted by Crippen LogP contribution is 2.37. The molecule has 0 amide bonds. The lowest BCUT2D eigenvalue weighted by atomic mass is 9.88. The van der Waals surface area contributed by atoms with Gasteiger partial charge in [-0.05, 0) is 59.0 Å². The lowest BCUT2D eigenvalue weighted by molar-refractivity contribution is 0.339. The summed E-state index contributed by atoms with van der Waals surface area (Å²) in [7, 11) is 2.11. The minimum absolute atomic E-state index is 0.0116. The molecule has 0 saturated heterocycles. The molecule has 1 unspecified atom stereocenters. The molecule has 3 aromatic heterocycles. The molecule has 5 aromatic rings. The van der Waals surface area contributed by atoms with Crippen molar-refractivity contribution in [3.63, 3.8) is 0 Å². The molecular weight excluding hydrogens is 494 g/mol. The van der Waals surface area contributed by atoms with Crippen LogP contribution in [-0.2, 0) is 5.41 Å². The number of ether oxygens (including phenoxy) is 1. The lowest BCUT2D eigenvalue weighted by Gasteiger charge is -2.29. The summed E-state index contributed by atoms with van der Waals surface area (Å²) in [5, 5.41) is 6.67. The van der Waals surface area contributed by atoms with E-state index in [1.54, 1.807) is 0 Å². The lowest BCUT2D eigenvalue weighted by Crippen LogP contribution is -2.37. The van der Waals surface area contributed by atoms with Crippen molar-refractivity contribution < 1.29 is 4.74 Å². The fourth-order valence-electron chi connectivity index (χ4n) is 5.62. The summed E-state index contributed by atoms with van der Waals surface area (Å²) in [6, 6.07) is 21.1. The van der Waals surface area contributed by atoms with Gasteiger partial charge < -0.3 is 4.74 Å². The smallest absolute Gasteiger partial charge is 0.137 e. The van der Waals surface area contributed by atoms with Crippen LogP contribution in [0.15, 0.2) is 115 Å². The van der Waals surface area contributed by atoms with Gasteiger partial charge in [0.05, 0.1) is 29.0 Å². The van der Waals surface area contributed by atoms with Crippen molar-refractivity contribution in [3.05, 3.63) is 121 Å². The molecule has 2 aromatic carbocycles. The van der Waals surface area contributed by atoms with Gasteiger partial charge in [-0.3, -0.25) is 14.6 Å². The average molecular weight is 526 g/mol. The highest BCUT2D eigenvalue weighted by Gasteiger charge is 2.29. The van der Waals surface area contributed by atoms with Crippen LogP contribution in [-0.4, -0.2) is 32.6 Å². The van der Waals surface area contributed by atoms with Crippen molar-refractivity contribution >= 4 is 27.5 Å². The van der Waals surface area contributed by atoms with Crippen molar-refractivity contribution in [2.75, 3.05) is 12.1 Å². The third kappa shape index (κ3) is 4.08. The third-order valence-electron chi connectivity index (χ3n) is 7.75. The number of hydrazine groups is 1. The first-order valence-corrected chi connectivity index (χ1v) is 13.6. The quantitative estimate of drug-likeness (QED) is 0.240. The Morgan fingerprint density at radius 2 is 1.70 bits per heavy atom. The fourth-order valence-corrected chi connectivity index (χ4v) is 5.62. The van der Waals surface area contributed by atoms with E-state index in [0.29, 0.717) is 0 Å². The molecule has 1 atom stereocenters. The number of allylic oxidation sites excluding steroid dienone is 2. The van der Waals surface area contributed by atoms with Crippen LogP contribution in [0.5, 0.6) is 11.5 Å². The van der Waals surface area contributed by atoms with Gasteiger partial charge in [0.25, 0.3) is 0 Å². The Kier molecular flexibility index (Phi) is 5.61. The molecule has 198 valence electrons. The van der Waals surface area contributed by atoms with Gasteiger partial charge in [0, 0.05) is 48.5 Å². The van der Waals surface area contributed by atoms with E-state index in [0.717, 1.165) is 44.8 Å². The van der Waals surface area contributed by atoms with Crippen LogP contribution >= 0.6 is 0 Å². The van der Waals surface area contributed by atoms with Crippen molar-refractivity contribution in [2.24, 2.45) is 0 Å². The van der Waals surface area contributed by atoms with Crippen molar-refractivity contribution in [1.82, 2.24) is 19.5 Å². The molecule has 0 saturated carbocycles. The summed E-state index contributed by atoms with van der Waals surface area (Å²) < 4.78 is 8.65. The fraction of sp³-hybridized carbons (Fsp3) is 0.176. The van der Waals surface area contributed by atoms with E-state index in [2.05, 4.69) is 120 Å². The molecule has 2 aliphatic rings. The van der Waals surface area contributed by atoms with Gasteiger partial charge in [0.1, 0.15) is 17.3 Å². The van der Waals surface area contributed by atoms with Crippen LogP contribution in [0.1, 0.15) is 26.3 Å². The number of hydrogen-bond acceptors (Lipinski definition) is 5. The van der Waals surface area contributed by atoms with Gasteiger partial charge in [0.2, 0.25) is 0 Å². The summed E-state index contributed by atoms with van der Waals surface area (Å²) >= 11 is 0. The summed E-state index contributed by atoms with van der Waals surface area (Å²) in [6.07, 6.45) is 16.4. The second-order valence-electron chi connectivity index (χ2n) is 11.4. The van der Waals surface area contributed by atoms with Crippen LogP contribution in [0.3, 0.4) is 0 Å². The molecule has 7 rings (SSSR count). The van der Waals surface area contributed by atoms with E-state index in [-0.39, 0.29) is 11.5 Å². The molecule has 6 heteroatoms. The first kappa shape index (κ1) is 24.4. The van der Waals surface area contributed by atoms with Crippen molar-refractivity contribution in [2.45, 2.75) is 32.2 Å². The van der Waals surface area contributed by atoms with E-state index < -0.39 is 0 Å². The maximum absolute atomic E-state index is 6.46. The molecular formula is C34H31N5O. The Labute approximate surface area is 234 Å².